The van der Waals surface area contributed by atoms with Crippen molar-refractivity contribution >= 4 is 5.91 Å². The molecule has 1 aromatic heterocycles. The lowest BCUT2D eigenvalue weighted by Crippen LogP contribution is -2.49. The van der Waals surface area contributed by atoms with Gasteiger partial charge in [0.15, 0.2) is 0 Å². The highest BCUT2D eigenvalue weighted by molar-refractivity contribution is 5.76. The lowest BCUT2D eigenvalue weighted by atomic mass is 10.0. The van der Waals surface area contributed by atoms with Crippen molar-refractivity contribution in [3.63, 3.8) is 0 Å². The molecule has 0 N–H and O–H groups in total. The number of nitrogens with zero attached hydrogens (tertiary/aromatic N) is 4. The van der Waals surface area contributed by atoms with Gasteiger partial charge < -0.3 is 9.80 Å². The Balaban J connectivity index is 1.45. The van der Waals surface area contributed by atoms with Crippen LogP contribution in [0.3, 0.4) is 0 Å². The van der Waals surface area contributed by atoms with Crippen molar-refractivity contribution < 1.29 is 4.79 Å². The normalized spacial score (nSPS) is 17.7. The molecule has 1 atom stereocenters. The first-order valence-electron chi connectivity index (χ1n) is 9.61. The summed E-state index contributed by atoms with van der Waals surface area (Å²) in [4.78, 5) is 17.1. The number of aromatic nitrogens is 2. The Hall–Kier alpha value is -2.14. The standard InChI is InChI=1S/C21H30N4O/c1-23(14-12-18-7-4-3-5-8-18)20-9-6-13-25(17-20)21(26)11-10-19-15-22-24(2)16-19/h3-5,7-8,15-16,20H,6,9-14,17H2,1-2H3. The van der Waals surface area contributed by atoms with Crippen LogP contribution in [0, 0.1) is 0 Å². The van der Waals surface area contributed by atoms with Gasteiger partial charge in [-0.25, -0.2) is 0 Å². The molecule has 5 nitrogen and oxygen atoms in total. The molecule has 0 spiro atoms. The Kier molecular flexibility index (Phi) is 6.45. The van der Waals surface area contributed by atoms with E-state index < -0.39 is 0 Å². The number of aryl methyl sites for hydroxylation is 2. The first-order valence-corrected chi connectivity index (χ1v) is 9.61. The van der Waals surface area contributed by atoms with E-state index in [1.807, 2.05) is 19.4 Å². The van der Waals surface area contributed by atoms with Gasteiger partial charge in [-0.15, -0.1) is 0 Å². The van der Waals surface area contributed by atoms with E-state index in [4.69, 9.17) is 0 Å². The van der Waals surface area contributed by atoms with Crippen LogP contribution in [-0.4, -0.2) is 58.2 Å². The summed E-state index contributed by atoms with van der Waals surface area (Å²) in [6, 6.07) is 11.1. The van der Waals surface area contributed by atoms with Crippen molar-refractivity contribution in [3.05, 3.63) is 53.9 Å². The van der Waals surface area contributed by atoms with Crippen LogP contribution in [0.4, 0.5) is 0 Å². The van der Waals surface area contributed by atoms with Gasteiger partial charge >= 0.3 is 0 Å². The average Bonchev–Trinajstić information content (AvgIpc) is 3.10. The van der Waals surface area contributed by atoms with Crippen LogP contribution in [0.5, 0.6) is 0 Å². The van der Waals surface area contributed by atoms with Crippen LogP contribution in [0.25, 0.3) is 0 Å². The van der Waals surface area contributed by atoms with E-state index in [0.717, 1.165) is 44.5 Å². The van der Waals surface area contributed by atoms with Gasteiger partial charge in [0.1, 0.15) is 0 Å². The molecular formula is C21H30N4O. The summed E-state index contributed by atoms with van der Waals surface area (Å²) >= 11 is 0. The van der Waals surface area contributed by atoms with E-state index in [1.54, 1.807) is 4.68 Å². The van der Waals surface area contributed by atoms with Crippen LogP contribution < -0.4 is 0 Å². The molecule has 0 aliphatic carbocycles. The maximum absolute atomic E-state index is 12.6. The number of hydrogen-bond acceptors (Lipinski definition) is 3. The zero-order chi connectivity index (χ0) is 18.4. The summed E-state index contributed by atoms with van der Waals surface area (Å²) < 4.78 is 1.79. The number of carbonyl (C=O) groups is 1. The zero-order valence-electron chi connectivity index (χ0n) is 16.0. The van der Waals surface area contributed by atoms with Gasteiger partial charge in [0, 0.05) is 45.3 Å². The minimum atomic E-state index is 0.273. The SMILES string of the molecule is CN(CCc1ccccc1)C1CCCN(C(=O)CCc2cnn(C)c2)C1. The van der Waals surface area contributed by atoms with Gasteiger partial charge in [-0.05, 0) is 43.9 Å². The molecule has 1 unspecified atom stereocenters. The molecule has 5 heteroatoms. The van der Waals surface area contributed by atoms with Gasteiger partial charge in [-0.3, -0.25) is 9.48 Å². The van der Waals surface area contributed by atoms with Crippen molar-refractivity contribution in [3.8, 4) is 0 Å². The van der Waals surface area contributed by atoms with Crippen LogP contribution in [-0.2, 0) is 24.7 Å². The summed E-state index contributed by atoms with van der Waals surface area (Å²) in [5.41, 5.74) is 2.51. The van der Waals surface area contributed by atoms with Crippen molar-refractivity contribution in [2.75, 3.05) is 26.7 Å². The molecule has 26 heavy (non-hydrogen) atoms. The van der Waals surface area contributed by atoms with Gasteiger partial charge in [0.05, 0.1) is 6.20 Å². The van der Waals surface area contributed by atoms with Crippen LogP contribution >= 0.6 is 0 Å². The highest BCUT2D eigenvalue weighted by atomic mass is 16.2. The highest BCUT2D eigenvalue weighted by Crippen LogP contribution is 2.17. The predicted molar refractivity (Wildman–Crippen MR) is 104 cm³/mol. The van der Waals surface area contributed by atoms with Gasteiger partial charge in [0.25, 0.3) is 0 Å². The van der Waals surface area contributed by atoms with E-state index in [9.17, 15) is 4.79 Å². The first-order chi connectivity index (χ1) is 12.6. The number of likely N-dealkylation sites (N-methyl/N-ethyl adjacent to an activating group) is 1. The second-order valence-corrected chi connectivity index (χ2v) is 7.37. The molecule has 1 amide bonds. The van der Waals surface area contributed by atoms with E-state index in [2.05, 4.69) is 52.3 Å². The third-order valence-corrected chi connectivity index (χ3v) is 5.35. The second kappa shape index (κ2) is 8.99. The number of rotatable bonds is 7. The molecule has 1 saturated heterocycles. The molecular weight excluding hydrogens is 324 g/mol. The van der Waals surface area contributed by atoms with E-state index >= 15 is 0 Å². The number of likely N-dealkylation sites (tertiary alicyclic amines) is 1. The number of amides is 1. The maximum atomic E-state index is 12.6. The second-order valence-electron chi connectivity index (χ2n) is 7.37. The first kappa shape index (κ1) is 18.6. The Bertz CT molecular complexity index is 697. The van der Waals surface area contributed by atoms with Gasteiger partial charge in [-0.2, -0.15) is 5.10 Å². The minimum absolute atomic E-state index is 0.273. The number of benzene rings is 1. The van der Waals surface area contributed by atoms with Gasteiger partial charge in [0.2, 0.25) is 5.91 Å². The van der Waals surface area contributed by atoms with Crippen LogP contribution in [0.1, 0.15) is 30.4 Å². The molecule has 1 aliphatic rings. The number of piperidine rings is 1. The van der Waals surface area contributed by atoms with Crippen LogP contribution in [0.2, 0.25) is 0 Å². The molecule has 0 radical (unpaired) electrons. The van der Waals surface area contributed by atoms with Crippen LogP contribution in [0.15, 0.2) is 42.7 Å². The fourth-order valence-corrected chi connectivity index (χ4v) is 3.68. The van der Waals surface area contributed by atoms with Gasteiger partial charge in [-0.1, -0.05) is 30.3 Å². The maximum Gasteiger partial charge on any atom is 0.222 e. The summed E-state index contributed by atoms with van der Waals surface area (Å²) in [5.74, 6) is 0.273. The highest BCUT2D eigenvalue weighted by Gasteiger charge is 2.25. The number of carbonyl (C=O) groups excluding carboxylic acids is 1. The van der Waals surface area contributed by atoms with Crippen molar-refractivity contribution in [1.82, 2.24) is 19.6 Å². The Morgan fingerprint density at radius 3 is 2.77 bits per heavy atom. The Morgan fingerprint density at radius 2 is 2.04 bits per heavy atom. The molecule has 1 fully saturated rings. The lowest BCUT2D eigenvalue weighted by molar-refractivity contribution is -0.133. The molecule has 0 bridgehead atoms. The summed E-state index contributed by atoms with van der Waals surface area (Å²) in [7, 11) is 4.10. The Labute approximate surface area is 156 Å². The molecule has 2 heterocycles. The Morgan fingerprint density at radius 1 is 1.23 bits per heavy atom. The largest absolute Gasteiger partial charge is 0.341 e. The van der Waals surface area contributed by atoms with Crippen molar-refractivity contribution in [1.29, 1.82) is 0 Å². The quantitative estimate of drug-likeness (QED) is 0.767. The van der Waals surface area contributed by atoms with Crippen molar-refractivity contribution in [2.24, 2.45) is 7.05 Å². The monoisotopic (exact) mass is 354 g/mol. The molecule has 1 aromatic carbocycles. The van der Waals surface area contributed by atoms with E-state index in [-0.39, 0.29) is 5.91 Å². The minimum Gasteiger partial charge on any atom is -0.341 e. The molecule has 140 valence electrons. The average molecular weight is 354 g/mol. The fourth-order valence-electron chi connectivity index (χ4n) is 3.68. The van der Waals surface area contributed by atoms with E-state index in [0.29, 0.717) is 12.5 Å². The zero-order valence-corrected chi connectivity index (χ0v) is 16.0. The molecule has 3 rings (SSSR count). The summed E-state index contributed by atoms with van der Waals surface area (Å²) in [6.45, 7) is 2.79. The lowest BCUT2D eigenvalue weighted by Gasteiger charge is -2.37. The summed E-state index contributed by atoms with van der Waals surface area (Å²) in [6.07, 6.45) is 8.52. The predicted octanol–water partition coefficient (Wildman–Crippen LogP) is 2.52. The molecule has 1 aliphatic heterocycles. The molecule has 2 aromatic rings. The summed E-state index contributed by atoms with van der Waals surface area (Å²) in [5, 5.41) is 4.17. The smallest absolute Gasteiger partial charge is 0.222 e. The number of hydrogen-bond donors (Lipinski definition) is 0. The fraction of sp³-hybridized carbons (Fsp3) is 0.524. The third kappa shape index (κ3) is 5.18. The third-order valence-electron chi connectivity index (χ3n) is 5.35. The van der Waals surface area contributed by atoms with E-state index in [1.165, 1.54) is 12.0 Å². The van der Waals surface area contributed by atoms with Crippen molar-refractivity contribution in [2.45, 2.75) is 38.1 Å². The topological polar surface area (TPSA) is 41.4 Å². The molecule has 0 saturated carbocycles.